The summed E-state index contributed by atoms with van der Waals surface area (Å²) in [6.07, 6.45) is 16.9. The molecular formula is C66H88N4O8. The van der Waals surface area contributed by atoms with Crippen molar-refractivity contribution in [3.8, 4) is 0 Å². The third-order valence-corrected chi connectivity index (χ3v) is 13.7. The summed E-state index contributed by atoms with van der Waals surface area (Å²) in [5, 5.41) is 19.5. The van der Waals surface area contributed by atoms with Crippen LogP contribution in [0.4, 0.5) is 32.3 Å². The van der Waals surface area contributed by atoms with Crippen molar-refractivity contribution < 1.29 is 38.1 Å². The van der Waals surface area contributed by atoms with Crippen molar-refractivity contribution in [1.82, 2.24) is 0 Å². The average Bonchev–Trinajstić information content (AvgIpc) is 3.58. The number of esters is 2. The number of ether oxygens (including phenoxy) is 4. The van der Waals surface area contributed by atoms with Crippen LogP contribution in [-0.4, -0.2) is 48.5 Å². The van der Waals surface area contributed by atoms with Crippen LogP contribution in [0.5, 0.6) is 0 Å². The van der Waals surface area contributed by atoms with Crippen LogP contribution in [0, 0.1) is 13.8 Å². The van der Waals surface area contributed by atoms with Crippen LogP contribution < -0.4 is 21.3 Å². The molecule has 6 aromatic rings. The van der Waals surface area contributed by atoms with Crippen LogP contribution >= 0.6 is 0 Å². The Balaban J connectivity index is 1.29. The van der Waals surface area contributed by atoms with Crippen LogP contribution in [0.15, 0.2) is 84.9 Å². The molecule has 0 saturated heterocycles. The number of amides is 2. The molecule has 0 saturated carbocycles. The fraction of sp³-hybridized carbons (Fsp3) is 0.485. The lowest BCUT2D eigenvalue weighted by Gasteiger charge is -2.21. The van der Waals surface area contributed by atoms with Gasteiger partial charge in [0.1, 0.15) is 11.2 Å². The summed E-state index contributed by atoms with van der Waals surface area (Å²) >= 11 is 0. The maximum atomic E-state index is 13.6. The predicted octanol–water partition coefficient (Wildman–Crippen LogP) is 18.3. The van der Waals surface area contributed by atoms with E-state index in [1.165, 1.54) is 64.2 Å². The van der Waals surface area contributed by atoms with Crippen LogP contribution in [0.2, 0.25) is 0 Å². The van der Waals surface area contributed by atoms with Crippen LogP contribution in [0.25, 0.3) is 32.3 Å². The standard InChI is InChI=1S/C66H88N4O8/c1-11-13-15-17-19-21-23-25-33-75-61(71)48-37-52(41-54(39-48)69-63(73)77-65(5,6)7)67-43-50-35-47-36-51(57-32-28-30-46(4)59(57)60(47)58-45(3)29-27-31-56(50)58)44-68-53-38-49(40-55(42-53)70-64(74)78-66(8,9)10)62(72)76-34-26-24-22-20-18-16-14-12-2/h27-32,35-42,67-68H,11-26,33-34,43-44H2,1-10H3,(H,69,73)(H,70,74). The lowest BCUT2D eigenvalue weighted by Crippen LogP contribution is -2.27. The molecule has 78 heavy (non-hydrogen) atoms. The number of hydrogen-bond donors (Lipinski definition) is 4. The molecule has 0 unspecified atom stereocenters. The van der Waals surface area contributed by atoms with Gasteiger partial charge in [0.25, 0.3) is 0 Å². The highest BCUT2D eigenvalue weighted by molar-refractivity contribution is 6.23. The van der Waals surface area contributed by atoms with E-state index in [1.54, 1.807) is 77.9 Å². The molecule has 0 aliphatic heterocycles. The molecule has 4 N–H and O–H groups in total. The van der Waals surface area contributed by atoms with E-state index in [9.17, 15) is 19.2 Å². The number of carbonyl (C=O) groups excluding carboxylic acids is 4. The fourth-order valence-corrected chi connectivity index (χ4v) is 10.0. The third kappa shape index (κ3) is 18.7. The van der Waals surface area contributed by atoms with Crippen molar-refractivity contribution >= 4 is 79.2 Å². The number of rotatable bonds is 28. The van der Waals surface area contributed by atoms with Crippen molar-refractivity contribution in [3.05, 3.63) is 118 Å². The summed E-state index contributed by atoms with van der Waals surface area (Å²) in [7, 11) is 0. The number of fused-ring (bicyclic) bond motifs is 5. The molecule has 0 aliphatic rings. The predicted molar refractivity (Wildman–Crippen MR) is 321 cm³/mol. The molecule has 6 aromatic carbocycles. The first-order valence-corrected chi connectivity index (χ1v) is 28.8. The maximum Gasteiger partial charge on any atom is 0.412 e. The number of hydrogen-bond acceptors (Lipinski definition) is 10. The molecular weight excluding hydrogens is 977 g/mol. The van der Waals surface area contributed by atoms with Gasteiger partial charge in [-0.15, -0.1) is 0 Å². The molecule has 0 aliphatic carbocycles. The summed E-state index contributed by atoms with van der Waals surface area (Å²) in [6.45, 7) is 21.0. The van der Waals surface area contributed by atoms with Crippen molar-refractivity contribution in [3.63, 3.8) is 0 Å². The van der Waals surface area contributed by atoms with Gasteiger partial charge < -0.3 is 29.6 Å². The van der Waals surface area contributed by atoms with Gasteiger partial charge in [0.2, 0.25) is 0 Å². The van der Waals surface area contributed by atoms with Gasteiger partial charge in [0.15, 0.2) is 0 Å². The first kappa shape index (κ1) is 60.4. The van der Waals surface area contributed by atoms with E-state index in [-0.39, 0.29) is 0 Å². The van der Waals surface area contributed by atoms with Gasteiger partial charge in [-0.05, 0) is 171 Å². The van der Waals surface area contributed by atoms with Crippen LogP contribution in [0.1, 0.15) is 201 Å². The smallest absolute Gasteiger partial charge is 0.412 e. The van der Waals surface area contributed by atoms with Crippen molar-refractivity contribution in [1.29, 1.82) is 0 Å². The number of aryl methyl sites for hydroxylation is 2. The lowest BCUT2D eigenvalue weighted by molar-refractivity contribution is 0.0488. The second-order valence-electron chi connectivity index (χ2n) is 22.9. The minimum atomic E-state index is -0.718. The average molecular weight is 1070 g/mol. The molecule has 0 bridgehead atoms. The summed E-state index contributed by atoms with van der Waals surface area (Å²) in [4.78, 5) is 53.3. The Hall–Kier alpha value is -6.82. The molecule has 0 spiro atoms. The van der Waals surface area contributed by atoms with E-state index in [2.05, 4.69) is 97.5 Å². The number of anilines is 4. The number of nitrogens with one attached hydrogen (secondary N) is 4. The first-order chi connectivity index (χ1) is 37.3. The molecule has 12 heteroatoms. The van der Waals surface area contributed by atoms with Gasteiger partial charge in [0, 0.05) is 35.8 Å². The third-order valence-electron chi connectivity index (χ3n) is 13.7. The molecule has 420 valence electrons. The quantitative estimate of drug-likeness (QED) is 0.0162. The van der Waals surface area contributed by atoms with Crippen molar-refractivity contribution in [2.75, 3.05) is 34.5 Å². The second kappa shape index (κ2) is 29.2. The Morgan fingerprint density at radius 2 is 0.795 bits per heavy atom. The molecule has 0 heterocycles. The highest BCUT2D eigenvalue weighted by Crippen LogP contribution is 2.40. The maximum absolute atomic E-state index is 13.6. The largest absolute Gasteiger partial charge is 0.462 e. The van der Waals surface area contributed by atoms with Crippen LogP contribution in [0.3, 0.4) is 0 Å². The molecule has 0 atom stereocenters. The SMILES string of the molecule is CCCCCCCCCCOC(=O)c1cc(NCc2cc3cc(CNc4cc(NC(=O)OC(C)(C)C)cc(C(=O)OCCCCCCCCCC)c4)c4cccc(C)c4c3c3c(C)cccc23)cc(NC(=O)OC(C)(C)C)c1. The first-order valence-electron chi connectivity index (χ1n) is 28.8. The minimum absolute atomic E-state index is 0.317. The topological polar surface area (TPSA) is 153 Å². The van der Waals surface area contributed by atoms with Crippen molar-refractivity contribution in [2.45, 2.75) is 196 Å². The molecule has 6 rings (SSSR count). The summed E-state index contributed by atoms with van der Waals surface area (Å²) in [5.41, 5.74) is 5.60. The molecule has 2 amide bonds. The van der Waals surface area contributed by atoms with Gasteiger partial charge in [-0.3, -0.25) is 10.6 Å². The second-order valence-corrected chi connectivity index (χ2v) is 22.9. The zero-order valence-electron chi connectivity index (χ0n) is 48.5. The number of benzene rings is 6. The van der Waals surface area contributed by atoms with Gasteiger partial charge in [-0.25, -0.2) is 19.2 Å². The fourth-order valence-electron chi connectivity index (χ4n) is 10.0. The Morgan fingerprint density at radius 3 is 1.17 bits per heavy atom. The zero-order chi connectivity index (χ0) is 56.2. The summed E-state index contributed by atoms with van der Waals surface area (Å²) < 4.78 is 22.7. The van der Waals surface area contributed by atoms with Gasteiger partial charge in [0.05, 0.1) is 24.3 Å². The van der Waals surface area contributed by atoms with Gasteiger partial charge in [-0.2, -0.15) is 0 Å². The van der Waals surface area contributed by atoms with Crippen molar-refractivity contribution in [2.24, 2.45) is 0 Å². The minimum Gasteiger partial charge on any atom is -0.462 e. The Morgan fingerprint density at radius 1 is 0.436 bits per heavy atom. The molecule has 0 aromatic heterocycles. The highest BCUT2D eigenvalue weighted by atomic mass is 16.6. The molecule has 0 radical (unpaired) electrons. The molecule has 0 fully saturated rings. The van der Waals surface area contributed by atoms with Crippen LogP contribution in [-0.2, 0) is 32.0 Å². The zero-order valence-corrected chi connectivity index (χ0v) is 48.5. The lowest BCUT2D eigenvalue weighted by atomic mass is 9.87. The number of carbonyl (C=O) groups is 4. The van der Waals surface area contributed by atoms with E-state index < -0.39 is 35.3 Å². The van der Waals surface area contributed by atoms with E-state index in [0.29, 0.717) is 60.2 Å². The summed E-state index contributed by atoms with van der Waals surface area (Å²) in [6, 6.07) is 27.6. The Bertz CT molecular complexity index is 2790. The Kier molecular flexibility index (Phi) is 22.6. The van der Waals surface area contributed by atoms with Gasteiger partial charge >= 0.3 is 24.1 Å². The van der Waals surface area contributed by atoms with E-state index in [4.69, 9.17) is 18.9 Å². The van der Waals surface area contributed by atoms with E-state index in [1.807, 2.05) is 0 Å². The van der Waals surface area contributed by atoms with Gasteiger partial charge in [-0.1, -0.05) is 140 Å². The van der Waals surface area contributed by atoms with E-state index in [0.717, 1.165) is 93.1 Å². The monoisotopic (exact) mass is 1060 g/mol. The summed E-state index contributed by atoms with van der Waals surface area (Å²) in [5.74, 6) is -0.916. The Labute approximate surface area is 464 Å². The number of unbranched alkanes of at least 4 members (excludes halogenated alkanes) is 14. The van der Waals surface area contributed by atoms with E-state index >= 15 is 0 Å². The molecule has 12 nitrogen and oxygen atoms in total. The highest BCUT2D eigenvalue weighted by Gasteiger charge is 2.21. The normalized spacial score (nSPS) is 11.7.